The number of rotatable bonds is 7. The van der Waals surface area contributed by atoms with Gasteiger partial charge in [-0.2, -0.15) is 17.5 Å². The zero-order chi connectivity index (χ0) is 20.9. The van der Waals surface area contributed by atoms with Crippen LogP contribution in [0.3, 0.4) is 0 Å². The van der Waals surface area contributed by atoms with E-state index < -0.39 is 34.2 Å². The molecule has 2 rings (SSSR count). The average Bonchev–Trinajstić information content (AvgIpc) is 2.65. The van der Waals surface area contributed by atoms with Crippen LogP contribution in [0.4, 0.5) is 13.2 Å². The van der Waals surface area contributed by atoms with Crippen molar-refractivity contribution >= 4 is 27.5 Å². The Balaban J connectivity index is 2.05. The van der Waals surface area contributed by atoms with Crippen LogP contribution in [-0.2, 0) is 27.5 Å². The Kier molecular flexibility index (Phi) is 7.08. The lowest BCUT2D eigenvalue weighted by Gasteiger charge is -2.20. The van der Waals surface area contributed by atoms with Crippen molar-refractivity contribution in [3.05, 3.63) is 64.7 Å². The Morgan fingerprint density at radius 3 is 2.14 bits per heavy atom. The molecule has 0 radical (unpaired) electrons. The van der Waals surface area contributed by atoms with Gasteiger partial charge >= 0.3 is 6.18 Å². The molecule has 0 fully saturated rings. The van der Waals surface area contributed by atoms with Gasteiger partial charge < -0.3 is 5.32 Å². The van der Waals surface area contributed by atoms with E-state index in [4.69, 9.17) is 11.6 Å². The summed E-state index contributed by atoms with van der Waals surface area (Å²) in [5.74, 6) is -0.535. The van der Waals surface area contributed by atoms with E-state index in [1.54, 1.807) is 24.3 Å². The number of amides is 1. The Morgan fingerprint density at radius 2 is 1.64 bits per heavy atom. The largest absolute Gasteiger partial charge is 0.416 e. The van der Waals surface area contributed by atoms with Gasteiger partial charge in [0.05, 0.1) is 17.0 Å². The molecule has 0 aliphatic rings. The first-order valence-corrected chi connectivity index (χ1v) is 10.0. The van der Waals surface area contributed by atoms with Gasteiger partial charge in [0.15, 0.2) is 0 Å². The maximum Gasteiger partial charge on any atom is 0.416 e. The Bertz CT molecular complexity index is 915. The molecule has 0 unspecified atom stereocenters. The van der Waals surface area contributed by atoms with E-state index in [9.17, 15) is 26.4 Å². The summed E-state index contributed by atoms with van der Waals surface area (Å²) in [7, 11) is -4.11. The Labute approximate surface area is 166 Å². The number of nitrogens with one attached hydrogen (secondary N) is 1. The number of alkyl halides is 3. The summed E-state index contributed by atoms with van der Waals surface area (Å²) >= 11 is 5.78. The predicted octanol–water partition coefficient (Wildman–Crippen LogP) is 3.69. The number of carbonyl (C=O) groups excluding carboxylic acids is 1. The topological polar surface area (TPSA) is 66.5 Å². The first-order valence-electron chi connectivity index (χ1n) is 8.22. The SMILES string of the molecule is CCN(CC(=O)NCc1ccc(Cl)cc1)S(=O)(=O)c1ccc(C(F)(F)F)cc1. The lowest BCUT2D eigenvalue weighted by Crippen LogP contribution is -2.40. The van der Waals surface area contributed by atoms with Gasteiger partial charge in [-0.25, -0.2) is 8.42 Å². The van der Waals surface area contributed by atoms with Gasteiger partial charge in [0, 0.05) is 18.1 Å². The standard InChI is InChI=1S/C18H18ClF3N2O3S/c1-2-24(12-17(25)23-11-13-3-7-15(19)8-4-13)28(26,27)16-9-5-14(6-10-16)18(20,21)22/h3-10H,2,11-12H2,1H3,(H,23,25). The minimum Gasteiger partial charge on any atom is -0.351 e. The number of hydrogen-bond acceptors (Lipinski definition) is 3. The van der Waals surface area contributed by atoms with Crippen molar-refractivity contribution < 1.29 is 26.4 Å². The minimum absolute atomic E-state index is 0.0162. The van der Waals surface area contributed by atoms with E-state index in [2.05, 4.69) is 5.32 Å². The molecule has 2 aromatic carbocycles. The van der Waals surface area contributed by atoms with Crippen molar-refractivity contribution in [1.82, 2.24) is 9.62 Å². The van der Waals surface area contributed by atoms with E-state index in [0.29, 0.717) is 17.2 Å². The number of likely N-dealkylation sites (N-methyl/N-ethyl adjacent to an activating group) is 1. The van der Waals surface area contributed by atoms with E-state index in [1.807, 2.05) is 0 Å². The van der Waals surface area contributed by atoms with E-state index in [-0.39, 0.29) is 18.0 Å². The summed E-state index contributed by atoms with van der Waals surface area (Å²) in [6.07, 6.45) is -4.56. The molecular formula is C18H18ClF3N2O3S. The number of benzene rings is 2. The Hall–Kier alpha value is -2.10. The second-order valence-corrected chi connectivity index (χ2v) is 8.23. The van der Waals surface area contributed by atoms with Gasteiger partial charge in [-0.3, -0.25) is 4.79 Å². The molecule has 0 aliphatic heterocycles. The van der Waals surface area contributed by atoms with Crippen molar-refractivity contribution in [3.8, 4) is 0 Å². The van der Waals surface area contributed by atoms with E-state index >= 15 is 0 Å². The van der Waals surface area contributed by atoms with E-state index in [1.165, 1.54) is 6.92 Å². The van der Waals surface area contributed by atoms with Crippen molar-refractivity contribution in [2.24, 2.45) is 0 Å². The van der Waals surface area contributed by atoms with Crippen molar-refractivity contribution in [2.75, 3.05) is 13.1 Å². The number of sulfonamides is 1. The number of halogens is 4. The highest BCUT2D eigenvalue weighted by molar-refractivity contribution is 7.89. The highest BCUT2D eigenvalue weighted by atomic mass is 35.5. The average molecular weight is 435 g/mol. The summed E-state index contributed by atoms with van der Waals surface area (Å²) in [6.45, 7) is 1.26. The molecule has 152 valence electrons. The molecule has 5 nitrogen and oxygen atoms in total. The number of hydrogen-bond donors (Lipinski definition) is 1. The lowest BCUT2D eigenvalue weighted by atomic mass is 10.2. The van der Waals surface area contributed by atoms with Crippen LogP contribution < -0.4 is 5.32 Å². The molecule has 2 aromatic rings. The maximum atomic E-state index is 12.6. The van der Waals surface area contributed by atoms with Crippen LogP contribution in [0.2, 0.25) is 5.02 Å². The van der Waals surface area contributed by atoms with Crippen LogP contribution in [0.5, 0.6) is 0 Å². The fourth-order valence-corrected chi connectivity index (χ4v) is 3.88. The molecule has 0 saturated carbocycles. The smallest absolute Gasteiger partial charge is 0.351 e. The second-order valence-electron chi connectivity index (χ2n) is 5.86. The van der Waals surface area contributed by atoms with Crippen LogP contribution in [0, 0.1) is 0 Å². The normalized spacial score (nSPS) is 12.2. The molecule has 0 aromatic heterocycles. The first-order chi connectivity index (χ1) is 13.0. The summed E-state index contributed by atoms with van der Waals surface area (Å²) < 4.78 is 64.1. The maximum absolute atomic E-state index is 12.6. The van der Waals surface area contributed by atoms with Gasteiger partial charge in [-0.1, -0.05) is 30.7 Å². The Morgan fingerprint density at radius 1 is 1.07 bits per heavy atom. The monoisotopic (exact) mass is 434 g/mol. The number of nitrogens with zero attached hydrogens (tertiary/aromatic N) is 1. The van der Waals surface area contributed by atoms with Crippen LogP contribution in [0.15, 0.2) is 53.4 Å². The van der Waals surface area contributed by atoms with Crippen molar-refractivity contribution in [3.63, 3.8) is 0 Å². The van der Waals surface area contributed by atoms with Crippen molar-refractivity contribution in [2.45, 2.75) is 24.5 Å². The molecule has 28 heavy (non-hydrogen) atoms. The molecule has 1 N–H and O–H groups in total. The molecule has 0 saturated heterocycles. The molecule has 1 amide bonds. The first kappa shape index (κ1) is 22.2. The second kappa shape index (κ2) is 8.93. The van der Waals surface area contributed by atoms with Gasteiger partial charge in [0.25, 0.3) is 0 Å². The summed E-state index contributed by atoms with van der Waals surface area (Å²) in [5.41, 5.74) is -0.165. The van der Waals surface area contributed by atoms with Gasteiger partial charge in [0.2, 0.25) is 15.9 Å². The lowest BCUT2D eigenvalue weighted by molar-refractivity contribution is -0.137. The highest BCUT2D eigenvalue weighted by Crippen LogP contribution is 2.30. The molecule has 10 heteroatoms. The molecule has 0 heterocycles. The third-order valence-electron chi connectivity index (χ3n) is 3.90. The zero-order valence-electron chi connectivity index (χ0n) is 14.8. The summed E-state index contributed by atoms with van der Waals surface area (Å²) in [6, 6.07) is 9.92. The molecule has 0 spiro atoms. The van der Waals surface area contributed by atoms with Gasteiger partial charge in [0.1, 0.15) is 0 Å². The quantitative estimate of drug-likeness (QED) is 0.722. The fourth-order valence-electron chi connectivity index (χ4n) is 2.35. The summed E-state index contributed by atoms with van der Waals surface area (Å²) in [4.78, 5) is 11.8. The fraction of sp³-hybridized carbons (Fsp3) is 0.278. The molecular weight excluding hydrogens is 417 g/mol. The highest BCUT2D eigenvalue weighted by Gasteiger charge is 2.31. The molecule has 0 atom stereocenters. The minimum atomic E-state index is -4.56. The number of carbonyl (C=O) groups is 1. The van der Waals surface area contributed by atoms with Gasteiger partial charge in [-0.05, 0) is 42.0 Å². The van der Waals surface area contributed by atoms with Crippen molar-refractivity contribution in [1.29, 1.82) is 0 Å². The third-order valence-corrected chi connectivity index (χ3v) is 6.08. The zero-order valence-corrected chi connectivity index (χ0v) is 16.4. The third kappa shape index (κ3) is 5.70. The summed E-state index contributed by atoms with van der Waals surface area (Å²) in [5, 5.41) is 3.15. The van der Waals surface area contributed by atoms with Crippen LogP contribution >= 0.6 is 11.6 Å². The van der Waals surface area contributed by atoms with E-state index in [0.717, 1.165) is 22.0 Å². The van der Waals surface area contributed by atoms with Crippen LogP contribution in [-0.4, -0.2) is 31.7 Å². The predicted molar refractivity (Wildman–Crippen MR) is 99.2 cm³/mol. The van der Waals surface area contributed by atoms with Crippen LogP contribution in [0.1, 0.15) is 18.1 Å². The van der Waals surface area contributed by atoms with Gasteiger partial charge in [-0.15, -0.1) is 0 Å². The molecule has 0 bridgehead atoms. The molecule has 0 aliphatic carbocycles. The van der Waals surface area contributed by atoms with Crippen LogP contribution in [0.25, 0.3) is 0 Å².